The summed E-state index contributed by atoms with van der Waals surface area (Å²) in [7, 11) is -7.60. The molecule has 1 aromatic rings. The first-order valence-electron chi connectivity index (χ1n) is 24.5. The Morgan fingerprint density at radius 1 is 0.741 bits per heavy atom. The standard InChI is InChI=1S/C13H19B2N3O15P3.C13H19B2O15P3.C10H15N2OS.W.Y/c14-12-8(19)9-6(29-12)3-27-36(24,25)32-10-7(4-28-35(22,23)31-9)30-13(15)11(10)33-34(20,21)26-2-5-1-16-18-17-5;1-2-3-23-31(17,18)30-11-10-7(27-13(11)15)5-25-32(19,20)28-9-6(26-12(14)8(9)16)4-24-33(21,22)29-10;1-2-3-4-5-8-9-7(6-14-8)11-10(13)12-9;;/h1,6-13,19H,2-4H2,(H3-,16,17,18,20,21,22,23,24,25);1,6-13,16H,3-5H2,(H,17,18)(H,19,20)(H,21,22);7-9H,2-6H2,(H2,11,12,13);;/q-1;;-1;;/p-2/t2*6-,7-,8?,9+,10?,11+,12-,13-;;;/m11.../s1. The maximum Gasteiger partial charge on any atom is 0.472 e. The molecule has 0 spiro atoms. The number of thioether (sulfide) groups is 1. The van der Waals surface area contributed by atoms with E-state index in [4.69, 9.17) is 102 Å². The smallest absolute Gasteiger partial charge is 0.472 e. The van der Waals surface area contributed by atoms with Gasteiger partial charge >= 0.3 is 137 Å². The van der Waals surface area contributed by atoms with Crippen molar-refractivity contribution < 1.29 is 197 Å². The van der Waals surface area contributed by atoms with E-state index in [0.717, 1.165) is 18.4 Å². The number of unbranched alkanes of at least 4 members (excludes halogenated alkanes) is 2. The number of amides is 2. The van der Waals surface area contributed by atoms with Crippen LogP contribution in [0.3, 0.4) is 0 Å². The number of phosphoric ester groups is 6. The summed E-state index contributed by atoms with van der Waals surface area (Å²) in [5.74, 6) is 2.98. The van der Waals surface area contributed by atoms with E-state index in [1.165, 1.54) is 38.6 Å². The zero-order chi connectivity index (χ0) is 61.6. The predicted octanol–water partition coefficient (Wildman–Crippen LogP) is -4.44. The van der Waals surface area contributed by atoms with Crippen molar-refractivity contribution in [3.63, 3.8) is 0 Å². The van der Waals surface area contributed by atoms with Crippen molar-refractivity contribution in [2.75, 3.05) is 38.8 Å². The summed E-state index contributed by atoms with van der Waals surface area (Å²) in [6, 6.07) is -5.18. The van der Waals surface area contributed by atoms with E-state index in [1.807, 2.05) is 17.7 Å². The largest absolute Gasteiger partial charge is 0.756 e. The minimum Gasteiger partial charge on any atom is -0.756 e. The number of aliphatic hydroxyl groups excluding tert-OH is 2. The average Bonchev–Trinajstić information content (AvgIpc) is 4.44. The fraction of sp³-hybridized carbons (Fsp3) is 0.833. The molecule has 0 aliphatic carbocycles. The van der Waals surface area contributed by atoms with Crippen molar-refractivity contribution in [2.45, 2.75) is 147 Å². The van der Waals surface area contributed by atoms with Crippen LogP contribution in [0, 0.1) is 12.3 Å². The van der Waals surface area contributed by atoms with Crippen LogP contribution in [0.2, 0.25) is 0 Å². The van der Waals surface area contributed by atoms with Gasteiger partial charge in [-0.15, -0.1) is 6.42 Å². The number of nitrogens with zero attached hydrogens (tertiary/aromatic N) is 3. The van der Waals surface area contributed by atoms with Gasteiger partial charge in [0.15, 0.2) is 0 Å². The molecule has 0 saturated carbocycles. The van der Waals surface area contributed by atoms with E-state index < -0.39 is 184 Å². The van der Waals surface area contributed by atoms with Crippen molar-refractivity contribution in [2.24, 2.45) is 0 Å². The summed E-state index contributed by atoms with van der Waals surface area (Å²) >= 11 is 3.45. The maximum atomic E-state index is 12.6. The number of aliphatic hydroxyl groups is 2. The molecule has 85 heavy (non-hydrogen) atoms. The summed E-state index contributed by atoms with van der Waals surface area (Å²) in [4.78, 5) is 75.9. The topological polar surface area (TPSA) is 499 Å². The van der Waals surface area contributed by atoms with Gasteiger partial charge in [0.25, 0.3) is 15.6 Å². The van der Waals surface area contributed by atoms with E-state index >= 15 is 0 Å². The number of terminal acetylenes is 1. The molecule has 467 valence electrons. The number of rotatable bonds is 14. The van der Waals surface area contributed by atoms with Crippen LogP contribution in [0.15, 0.2) is 6.20 Å². The van der Waals surface area contributed by atoms with Gasteiger partial charge in [0.05, 0.1) is 33.0 Å². The second kappa shape index (κ2) is 32.2. The molecule has 0 bridgehead atoms. The number of urea groups is 1. The molecule has 25 atom stereocenters. The average molecular weight is 1580 g/mol. The van der Waals surface area contributed by atoms with E-state index in [0.29, 0.717) is 17.3 Å². The van der Waals surface area contributed by atoms with Crippen molar-refractivity contribution in [3.8, 4) is 12.3 Å². The molecule has 9 heterocycles. The Bertz CT molecular complexity index is 2760. The van der Waals surface area contributed by atoms with Crippen LogP contribution >= 0.6 is 58.7 Å². The first-order chi connectivity index (χ1) is 39.3. The molecular formula is C36H51B4N5O31P6SWY-4. The van der Waals surface area contributed by atoms with Crippen LogP contribution in [0.25, 0.3) is 0 Å². The van der Waals surface area contributed by atoms with Crippen LogP contribution in [0.1, 0.15) is 31.4 Å². The Morgan fingerprint density at radius 3 is 1.61 bits per heavy atom. The molecule has 9 radical (unpaired) electrons. The SMILES string of the molecule is O=C1NC2CSC(CCCC[C-]=[W])C2N1.[B][C@@H]1O[C@@H]2COP(=O)(O)OC3[C@@H](COP(=O)(O)O[C@@H]2C1O)O[C@@H]([B])[C@H]3OP(=O)([O-])OCC#C.[B][C@@H]1O[C@@H]2COP(=O)(O)OC3[C@@H](COP(=O)(O)O[C@@H]2C1O)O[C@@H]([B])[C@H]3OP(=O)([O-])OCc1c[n-]nn1.[Y]. The van der Waals surface area contributed by atoms with E-state index in [2.05, 4.69) is 39.5 Å². The molecule has 8 aliphatic heterocycles. The first kappa shape index (κ1) is 74.7. The van der Waals surface area contributed by atoms with Crippen LogP contribution in [-0.4, -0.2) is 235 Å². The molecule has 8 saturated heterocycles. The normalized spacial score (nSPS) is 44.0. The van der Waals surface area contributed by atoms with E-state index in [9.17, 15) is 71.8 Å². The molecule has 8 aliphatic rings. The molecule has 8 N–H and O–H groups in total. The number of ether oxygens (including phenoxy) is 4. The summed E-state index contributed by atoms with van der Waals surface area (Å²) in [6.07, 6.45) is -8.45. The van der Waals surface area contributed by atoms with Crippen molar-refractivity contribution in [1.29, 1.82) is 0 Å². The van der Waals surface area contributed by atoms with Gasteiger partial charge in [-0.2, -0.15) is 0 Å². The Kier molecular flexibility index (Phi) is 28.3. The Hall–Kier alpha value is 0.662. The van der Waals surface area contributed by atoms with Crippen LogP contribution in [0.4, 0.5) is 4.79 Å². The van der Waals surface area contributed by atoms with Crippen LogP contribution in [0.5, 0.6) is 0 Å². The second-order valence-electron chi connectivity index (χ2n) is 18.6. The predicted molar refractivity (Wildman–Crippen MR) is 271 cm³/mol. The maximum absolute atomic E-state index is 12.6. The number of carbonyl (C=O) groups is 1. The van der Waals surface area contributed by atoms with Gasteiger partial charge in [-0.1, -0.05) is 12.1 Å². The van der Waals surface area contributed by atoms with Crippen molar-refractivity contribution >= 4 is 101 Å². The summed E-state index contributed by atoms with van der Waals surface area (Å²) < 4.78 is 156. The van der Waals surface area contributed by atoms with Crippen LogP contribution < -0.4 is 25.5 Å². The molecule has 9 rings (SSSR count). The third-order valence-electron chi connectivity index (χ3n) is 12.6. The van der Waals surface area contributed by atoms with Gasteiger partial charge in [0, 0.05) is 56.7 Å². The fourth-order valence-electron chi connectivity index (χ4n) is 8.82. The first-order valence-corrected chi connectivity index (χ1v) is 35.9. The molecule has 8 fully saturated rings. The van der Waals surface area contributed by atoms with Gasteiger partial charge < -0.3 is 86.8 Å². The molecule has 0 aromatic carbocycles. The third kappa shape index (κ3) is 21.6. The van der Waals surface area contributed by atoms with Gasteiger partial charge in [0.1, 0.15) is 111 Å². The zero-order valence-corrected chi connectivity index (χ0v) is 55.5. The van der Waals surface area contributed by atoms with Gasteiger partial charge in [-0.3, -0.25) is 50.5 Å². The summed E-state index contributed by atoms with van der Waals surface area (Å²) in [5, 5.41) is 36.9. The quantitative estimate of drug-likeness (QED) is 0.0218. The molecule has 1 aromatic heterocycles. The van der Waals surface area contributed by atoms with Crippen LogP contribution in [-0.2, 0) is 159 Å². The monoisotopic (exact) mass is 1580 g/mol. The zero-order valence-electron chi connectivity index (χ0n) is 43.5. The number of hydrogen-bond donors (Lipinski definition) is 8. The van der Waals surface area contributed by atoms with Gasteiger partial charge in [-0.25, -0.2) is 18.3 Å². The van der Waals surface area contributed by atoms with E-state index in [-0.39, 0.29) is 44.4 Å². The number of aromatic nitrogens is 3. The molecule has 49 heteroatoms. The minimum atomic E-state index is -5.17. The molecule has 36 nitrogen and oxygen atoms in total. The number of fused-ring (bicyclic) bond motifs is 5. The van der Waals surface area contributed by atoms with Crippen molar-refractivity contribution in [1.82, 2.24) is 26.0 Å². The molecular weight excluding hydrogens is 1530 g/mol. The number of nitrogens with one attached hydrogen (secondary N) is 2. The number of hydrogen-bond acceptors (Lipinski definition) is 30. The Balaban J connectivity index is 0.000000218. The minimum absolute atomic E-state index is 0. The number of phosphoric acid groups is 6. The fourth-order valence-corrected chi connectivity index (χ4v) is 16.4. The Labute approximate surface area is 529 Å². The molecule has 2 amide bonds. The summed E-state index contributed by atoms with van der Waals surface area (Å²) in [6.45, 7) is -4.62. The summed E-state index contributed by atoms with van der Waals surface area (Å²) in [5.41, 5.74) is 0.0550. The van der Waals surface area contributed by atoms with Gasteiger partial charge in [0.2, 0.25) is 0 Å². The third-order valence-corrected chi connectivity index (χ3v) is 20.7. The van der Waals surface area contributed by atoms with E-state index in [1.54, 1.807) is 0 Å². The Morgan fingerprint density at radius 2 is 1.18 bits per heavy atom. The number of carbonyl (C=O) groups excluding carboxylic acids is 1. The van der Waals surface area contributed by atoms with Gasteiger partial charge in [-0.05, 0) is 5.69 Å². The molecule has 13 unspecified atom stereocenters. The van der Waals surface area contributed by atoms with Crippen molar-refractivity contribution in [3.05, 3.63) is 11.9 Å². The second-order valence-corrected chi connectivity index (χ2v) is 29.3.